The van der Waals surface area contributed by atoms with Crippen molar-refractivity contribution in [3.8, 4) is 0 Å². The molecule has 1 aromatic carbocycles. The molecule has 2 aromatic rings. The van der Waals surface area contributed by atoms with Crippen LogP contribution in [0.15, 0.2) is 36.5 Å². The zero-order chi connectivity index (χ0) is 11.5. The van der Waals surface area contributed by atoms with Crippen LogP contribution in [0.1, 0.15) is 16.7 Å². The van der Waals surface area contributed by atoms with Gasteiger partial charge in [0.15, 0.2) is 0 Å². The van der Waals surface area contributed by atoms with E-state index in [4.69, 9.17) is 17.3 Å². The molecule has 3 heteroatoms. The molecule has 0 saturated carbocycles. The van der Waals surface area contributed by atoms with Crippen molar-refractivity contribution in [3.63, 3.8) is 0 Å². The van der Waals surface area contributed by atoms with Crippen molar-refractivity contribution in [1.29, 1.82) is 0 Å². The van der Waals surface area contributed by atoms with E-state index in [-0.39, 0.29) is 0 Å². The number of nitrogen functional groups attached to an aromatic ring is 1. The van der Waals surface area contributed by atoms with Gasteiger partial charge in [0.1, 0.15) is 5.82 Å². The fourth-order valence-electron chi connectivity index (χ4n) is 1.62. The molecule has 0 unspecified atom stereocenters. The van der Waals surface area contributed by atoms with Gasteiger partial charge >= 0.3 is 0 Å². The molecule has 1 aromatic heterocycles. The molecule has 0 fully saturated rings. The molecule has 2 nitrogen and oxygen atoms in total. The Morgan fingerprint density at radius 3 is 2.75 bits per heavy atom. The van der Waals surface area contributed by atoms with Gasteiger partial charge in [-0.05, 0) is 42.2 Å². The third-order valence-corrected chi connectivity index (χ3v) is 2.71. The summed E-state index contributed by atoms with van der Waals surface area (Å²) in [4.78, 5) is 4.14. The molecule has 0 spiro atoms. The van der Waals surface area contributed by atoms with Crippen LogP contribution in [0.3, 0.4) is 0 Å². The minimum Gasteiger partial charge on any atom is -0.383 e. The van der Waals surface area contributed by atoms with E-state index in [1.807, 2.05) is 31.3 Å². The first-order valence-electron chi connectivity index (χ1n) is 5.10. The number of halogens is 1. The first kappa shape index (κ1) is 11.0. The number of nitrogens with two attached hydrogens (primary N) is 1. The number of nitrogens with zero attached hydrogens (tertiary/aromatic N) is 1. The van der Waals surface area contributed by atoms with Gasteiger partial charge in [0.25, 0.3) is 0 Å². The van der Waals surface area contributed by atoms with Crippen molar-refractivity contribution < 1.29 is 0 Å². The average Bonchev–Trinajstić information content (AvgIpc) is 2.24. The quantitative estimate of drug-likeness (QED) is 0.864. The second-order valence-corrected chi connectivity index (χ2v) is 4.29. The maximum atomic E-state index is 5.93. The van der Waals surface area contributed by atoms with Gasteiger partial charge in [0, 0.05) is 11.2 Å². The molecule has 0 aliphatic rings. The summed E-state index contributed by atoms with van der Waals surface area (Å²) in [5.74, 6) is 0.592. The summed E-state index contributed by atoms with van der Waals surface area (Å²) in [7, 11) is 0. The highest BCUT2D eigenvalue weighted by atomic mass is 35.5. The van der Waals surface area contributed by atoms with Gasteiger partial charge in [-0.25, -0.2) is 4.98 Å². The van der Waals surface area contributed by atoms with Crippen LogP contribution in [0.5, 0.6) is 0 Å². The van der Waals surface area contributed by atoms with E-state index in [2.05, 4.69) is 17.1 Å². The molecule has 2 N–H and O–H groups in total. The smallest absolute Gasteiger partial charge is 0.126 e. The third kappa shape index (κ3) is 2.52. The first-order valence-corrected chi connectivity index (χ1v) is 5.48. The van der Waals surface area contributed by atoms with Crippen molar-refractivity contribution >= 4 is 17.4 Å². The molecule has 0 amide bonds. The zero-order valence-corrected chi connectivity index (χ0v) is 9.83. The van der Waals surface area contributed by atoms with Gasteiger partial charge in [-0.2, -0.15) is 0 Å². The number of rotatable bonds is 2. The predicted octanol–water partition coefficient (Wildman–Crippen LogP) is 3.22. The Bertz CT molecular complexity index is 509. The maximum Gasteiger partial charge on any atom is 0.126 e. The van der Waals surface area contributed by atoms with E-state index in [1.165, 1.54) is 5.56 Å². The SMILES string of the molecule is Cc1cc(Cc2cccc(Cl)c2)cnc1N. The third-order valence-electron chi connectivity index (χ3n) is 2.47. The Labute approximate surface area is 100 Å². The van der Waals surface area contributed by atoms with Crippen molar-refractivity contribution in [3.05, 3.63) is 58.2 Å². The van der Waals surface area contributed by atoms with Gasteiger partial charge in [-0.1, -0.05) is 29.8 Å². The van der Waals surface area contributed by atoms with Crippen molar-refractivity contribution in [1.82, 2.24) is 4.98 Å². The van der Waals surface area contributed by atoms with Crippen LogP contribution in [0.2, 0.25) is 5.02 Å². The van der Waals surface area contributed by atoms with Crippen molar-refractivity contribution in [2.24, 2.45) is 0 Å². The first-order chi connectivity index (χ1) is 7.65. The summed E-state index contributed by atoms with van der Waals surface area (Å²) in [5, 5.41) is 0.762. The number of hydrogen-bond donors (Lipinski definition) is 1. The molecule has 1 heterocycles. The minimum absolute atomic E-state index is 0.592. The lowest BCUT2D eigenvalue weighted by atomic mass is 10.1. The number of pyridine rings is 1. The lowest BCUT2D eigenvalue weighted by molar-refractivity contribution is 1.13. The summed E-state index contributed by atoms with van der Waals surface area (Å²) in [6.45, 7) is 1.96. The Morgan fingerprint density at radius 1 is 1.25 bits per heavy atom. The molecule has 0 atom stereocenters. The van der Waals surface area contributed by atoms with Crippen molar-refractivity contribution in [2.75, 3.05) is 5.73 Å². The highest BCUT2D eigenvalue weighted by Gasteiger charge is 2.00. The second kappa shape index (κ2) is 4.54. The highest BCUT2D eigenvalue weighted by molar-refractivity contribution is 6.30. The summed E-state index contributed by atoms with van der Waals surface area (Å²) in [6, 6.07) is 9.90. The van der Waals surface area contributed by atoms with Crippen LogP contribution < -0.4 is 5.73 Å². The fraction of sp³-hybridized carbons (Fsp3) is 0.154. The van der Waals surface area contributed by atoms with E-state index in [0.717, 1.165) is 22.6 Å². The number of benzene rings is 1. The normalized spacial score (nSPS) is 10.4. The predicted molar refractivity (Wildman–Crippen MR) is 67.6 cm³/mol. The highest BCUT2D eigenvalue weighted by Crippen LogP contribution is 2.16. The van der Waals surface area contributed by atoms with Gasteiger partial charge in [-0.3, -0.25) is 0 Å². The lowest BCUT2D eigenvalue weighted by Crippen LogP contribution is -1.96. The number of aryl methyl sites for hydroxylation is 1. The second-order valence-electron chi connectivity index (χ2n) is 3.85. The van der Waals surface area contributed by atoms with E-state index in [9.17, 15) is 0 Å². The lowest BCUT2D eigenvalue weighted by Gasteiger charge is -2.05. The molecule has 0 radical (unpaired) electrons. The van der Waals surface area contributed by atoms with Gasteiger partial charge in [0.05, 0.1) is 0 Å². The van der Waals surface area contributed by atoms with E-state index < -0.39 is 0 Å². The fourth-order valence-corrected chi connectivity index (χ4v) is 1.84. The molecule has 16 heavy (non-hydrogen) atoms. The average molecular weight is 233 g/mol. The summed E-state index contributed by atoms with van der Waals surface area (Å²) in [6.07, 6.45) is 2.64. The molecule has 0 bridgehead atoms. The molecule has 82 valence electrons. The van der Waals surface area contributed by atoms with Gasteiger partial charge in [-0.15, -0.1) is 0 Å². The molecule has 0 aliphatic heterocycles. The zero-order valence-electron chi connectivity index (χ0n) is 9.07. The Morgan fingerprint density at radius 2 is 2.06 bits per heavy atom. The largest absolute Gasteiger partial charge is 0.383 e. The van der Waals surface area contributed by atoms with Gasteiger partial charge in [0.2, 0.25) is 0 Å². The van der Waals surface area contributed by atoms with E-state index >= 15 is 0 Å². The standard InChI is InChI=1S/C13H13ClN2/c1-9-5-11(8-16-13(9)15)6-10-3-2-4-12(14)7-10/h2-5,7-8H,6H2,1H3,(H2,15,16). The summed E-state index contributed by atoms with van der Waals surface area (Å²) < 4.78 is 0. The number of aromatic nitrogens is 1. The van der Waals surface area contributed by atoms with Gasteiger partial charge < -0.3 is 5.73 Å². The van der Waals surface area contributed by atoms with Crippen LogP contribution in [0, 0.1) is 6.92 Å². The van der Waals surface area contributed by atoms with Crippen LogP contribution in [-0.4, -0.2) is 4.98 Å². The minimum atomic E-state index is 0.592. The Hall–Kier alpha value is -1.54. The van der Waals surface area contributed by atoms with Crippen LogP contribution in [0.4, 0.5) is 5.82 Å². The summed E-state index contributed by atoms with van der Waals surface area (Å²) >= 11 is 5.93. The van der Waals surface area contributed by atoms with E-state index in [1.54, 1.807) is 0 Å². The Balaban J connectivity index is 2.24. The molecule has 0 saturated heterocycles. The number of hydrogen-bond acceptors (Lipinski definition) is 2. The van der Waals surface area contributed by atoms with Crippen molar-refractivity contribution in [2.45, 2.75) is 13.3 Å². The maximum absolute atomic E-state index is 5.93. The summed E-state index contributed by atoms with van der Waals surface area (Å²) in [5.41, 5.74) is 9.01. The molecule has 2 rings (SSSR count). The monoisotopic (exact) mass is 232 g/mol. The molecule has 0 aliphatic carbocycles. The molecular weight excluding hydrogens is 220 g/mol. The number of anilines is 1. The Kier molecular flexibility index (Phi) is 3.11. The van der Waals surface area contributed by atoms with Crippen LogP contribution >= 0.6 is 11.6 Å². The topological polar surface area (TPSA) is 38.9 Å². The van der Waals surface area contributed by atoms with Crippen LogP contribution in [-0.2, 0) is 6.42 Å². The van der Waals surface area contributed by atoms with E-state index in [0.29, 0.717) is 5.82 Å². The molecular formula is C13H13ClN2. The van der Waals surface area contributed by atoms with Crippen LogP contribution in [0.25, 0.3) is 0 Å².